The van der Waals surface area contributed by atoms with Gasteiger partial charge in [-0.15, -0.1) is 0 Å². The van der Waals surface area contributed by atoms with Crippen molar-refractivity contribution in [3.05, 3.63) is 53.6 Å². The van der Waals surface area contributed by atoms with Gasteiger partial charge in [-0.25, -0.2) is 4.98 Å². The second-order valence-corrected chi connectivity index (χ2v) is 4.03. The van der Waals surface area contributed by atoms with Gasteiger partial charge >= 0.3 is 0 Å². The van der Waals surface area contributed by atoms with Crippen LogP contribution in [0.15, 0.2) is 42.8 Å². The van der Waals surface area contributed by atoms with Gasteiger partial charge in [-0.2, -0.15) is 4.98 Å². The molecule has 0 radical (unpaired) electrons. The third-order valence-electron chi connectivity index (χ3n) is 2.33. The fourth-order valence-electron chi connectivity index (χ4n) is 1.47. The topological polar surface area (TPSA) is 47.0 Å². The Morgan fingerprint density at radius 1 is 1.32 bits per heavy atom. The number of ether oxygens (including phenoxy) is 1. The van der Waals surface area contributed by atoms with Crippen LogP contribution in [0.25, 0.3) is 6.08 Å². The molecule has 4 nitrogen and oxygen atoms in total. The van der Waals surface area contributed by atoms with Crippen LogP contribution in [0, 0.1) is 0 Å². The average molecular weight is 276 g/mol. The quantitative estimate of drug-likeness (QED) is 0.664. The molecule has 0 aliphatic heterocycles. The standard InChI is InChI=1S/C14H14ClN3O/c1-2-19-9-8-11-10-16-14(15)18-13(11)17-12-6-4-3-5-7-12/h3-10H,2H2,1H3,(H,16,17,18)/b9-8+. The fourth-order valence-corrected chi connectivity index (χ4v) is 1.60. The number of hydrogen-bond acceptors (Lipinski definition) is 4. The SMILES string of the molecule is CCO/C=C/c1cnc(Cl)nc1Nc1ccccc1. The molecule has 5 heteroatoms. The van der Waals surface area contributed by atoms with E-state index in [-0.39, 0.29) is 5.28 Å². The van der Waals surface area contributed by atoms with Crippen LogP contribution in [0.1, 0.15) is 12.5 Å². The van der Waals surface area contributed by atoms with E-state index >= 15 is 0 Å². The van der Waals surface area contributed by atoms with Gasteiger partial charge in [0.15, 0.2) is 0 Å². The summed E-state index contributed by atoms with van der Waals surface area (Å²) in [5.74, 6) is 0.641. The van der Waals surface area contributed by atoms with E-state index in [1.165, 1.54) is 0 Å². The number of nitrogens with one attached hydrogen (secondary N) is 1. The summed E-state index contributed by atoms with van der Waals surface area (Å²) < 4.78 is 5.18. The van der Waals surface area contributed by atoms with Crippen LogP contribution in [0.5, 0.6) is 0 Å². The Balaban J connectivity index is 2.24. The molecule has 0 aliphatic carbocycles. The molecule has 2 rings (SSSR count). The minimum absolute atomic E-state index is 0.201. The maximum atomic E-state index is 5.83. The fraction of sp³-hybridized carbons (Fsp3) is 0.143. The molecule has 0 spiro atoms. The Labute approximate surface area is 117 Å². The molecule has 0 saturated heterocycles. The van der Waals surface area contributed by atoms with E-state index in [1.54, 1.807) is 18.5 Å². The van der Waals surface area contributed by atoms with Crippen molar-refractivity contribution in [2.75, 3.05) is 11.9 Å². The normalized spacial score (nSPS) is 10.6. The van der Waals surface area contributed by atoms with Crippen LogP contribution in [0.3, 0.4) is 0 Å². The number of hydrogen-bond donors (Lipinski definition) is 1. The van der Waals surface area contributed by atoms with E-state index in [2.05, 4.69) is 15.3 Å². The molecule has 1 heterocycles. The molecule has 2 aromatic rings. The number of rotatable bonds is 5. The van der Waals surface area contributed by atoms with Gasteiger partial charge in [0.2, 0.25) is 5.28 Å². The summed E-state index contributed by atoms with van der Waals surface area (Å²) in [5.41, 5.74) is 1.74. The average Bonchev–Trinajstić information content (AvgIpc) is 2.43. The predicted octanol–water partition coefficient (Wildman–Crippen LogP) is 3.88. The summed E-state index contributed by atoms with van der Waals surface area (Å²) in [6.45, 7) is 2.54. The van der Waals surface area contributed by atoms with Crippen molar-refractivity contribution in [1.29, 1.82) is 0 Å². The van der Waals surface area contributed by atoms with E-state index < -0.39 is 0 Å². The van der Waals surface area contributed by atoms with Gasteiger partial charge in [0, 0.05) is 17.4 Å². The van der Waals surface area contributed by atoms with Gasteiger partial charge in [0.05, 0.1) is 12.9 Å². The lowest BCUT2D eigenvalue weighted by Gasteiger charge is -2.08. The molecule has 1 aromatic carbocycles. The Bertz CT molecular complexity index is 558. The monoisotopic (exact) mass is 275 g/mol. The van der Waals surface area contributed by atoms with Crippen molar-refractivity contribution < 1.29 is 4.74 Å². The largest absolute Gasteiger partial charge is 0.501 e. The number of nitrogens with zero attached hydrogens (tertiary/aromatic N) is 2. The zero-order chi connectivity index (χ0) is 13.5. The molecule has 98 valence electrons. The summed E-state index contributed by atoms with van der Waals surface area (Å²) >= 11 is 5.83. The van der Waals surface area contributed by atoms with Crippen LogP contribution in [-0.2, 0) is 4.74 Å². The highest BCUT2D eigenvalue weighted by atomic mass is 35.5. The van der Waals surface area contributed by atoms with Crippen molar-refractivity contribution in [1.82, 2.24) is 9.97 Å². The highest BCUT2D eigenvalue weighted by Crippen LogP contribution is 2.20. The molecule has 0 amide bonds. The molecule has 0 fully saturated rings. The first-order valence-corrected chi connectivity index (χ1v) is 6.30. The van der Waals surface area contributed by atoms with Gasteiger partial charge in [0.1, 0.15) is 5.82 Å². The van der Waals surface area contributed by atoms with Gasteiger partial charge in [-0.1, -0.05) is 18.2 Å². The first-order chi connectivity index (χ1) is 9.29. The van der Waals surface area contributed by atoms with E-state index in [1.807, 2.05) is 37.3 Å². The number of halogens is 1. The number of anilines is 2. The molecule has 0 unspecified atom stereocenters. The second-order valence-electron chi connectivity index (χ2n) is 3.69. The van der Waals surface area contributed by atoms with Crippen LogP contribution >= 0.6 is 11.6 Å². The summed E-state index contributed by atoms with van der Waals surface area (Å²) in [6, 6.07) is 9.74. The molecular formula is C14H14ClN3O. The maximum Gasteiger partial charge on any atom is 0.224 e. The molecule has 0 atom stereocenters. The third-order valence-corrected chi connectivity index (χ3v) is 2.52. The van der Waals surface area contributed by atoms with Gasteiger partial charge in [-0.3, -0.25) is 0 Å². The predicted molar refractivity (Wildman–Crippen MR) is 77.4 cm³/mol. The smallest absolute Gasteiger partial charge is 0.224 e. The molecule has 0 bridgehead atoms. The van der Waals surface area contributed by atoms with Crippen LogP contribution in [-0.4, -0.2) is 16.6 Å². The Kier molecular flexibility index (Phi) is 4.75. The van der Waals surface area contributed by atoms with E-state index in [9.17, 15) is 0 Å². The minimum Gasteiger partial charge on any atom is -0.501 e. The Morgan fingerprint density at radius 3 is 2.84 bits per heavy atom. The van der Waals surface area contributed by atoms with Crippen LogP contribution in [0.4, 0.5) is 11.5 Å². The third kappa shape index (κ3) is 3.96. The highest BCUT2D eigenvalue weighted by Gasteiger charge is 2.04. The van der Waals surface area contributed by atoms with Gasteiger partial charge in [0.25, 0.3) is 0 Å². The maximum absolute atomic E-state index is 5.83. The Morgan fingerprint density at radius 2 is 2.11 bits per heavy atom. The minimum atomic E-state index is 0.201. The lowest BCUT2D eigenvalue weighted by Crippen LogP contribution is -1.98. The zero-order valence-electron chi connectivity index (χ0n) is 10.5. The second kappa shape index (κ2) is 6.75. The lowest BCUT2D eigenvalue weighted by atomic mass is 10.2. The van der Waals surface area contributed by atoms with Crippen LogP contribution in [0.2, 0.25) is 5.28 Å². The summed E-state index contributed by atoms with van der Waals surface area (Å²) in [6.07, 6.45) is 5.06. The van der Waals surface area contributed by atoms with Crippen molar-refractivity contribution >= 4 is 29.2 Å². The number of aromatic nitrogens is 2. The lowest BCUT2D eigenvalue weighted by molar-refractivity contribution is 0.272. The first kappa shape index (κ1) is 13.4. The van der Waals surface area contributed by atoms with Gasteiger partial charge < -0.3 is 10.1 Å². The summed E-state index contributed by atoms with van der Waals surface area (Å²) in [7, 11) is 0. The summed E-state index contributed by atoms with van der Waals surface area (Å²) in [4.78, 5) is 8.15. The van der Waals surface area contributed by atoms with E-state index in [4.69, 9.17) is 16.3 Å². The number of benzene rings is 1. The van der Waals surface area contributed by atoms with Crippen molar-refractivity contribution in [3.63, 3.8) is 0 Å². The zero-order valence-corrected chi connectivity index (χ0v) is 11.3. The molecular weight excluding hydrogens is 262 g/mol. The van der Waals surface area contributed by atoms with Crippen molar-refractivity contribution in [2.45, 2.75) is 6.92 Å². The van der Waals surface area contributed by atoms with Crippen molar-refractivity contribution in [3.8, 4) is 0 Å². The van der Waals surface area contributed by atoms with E-state index in [0.29, 0.717) is 12.4 Å². The van der Waals surface area contributed by atoms with E-state index in [0.717, 1.165) is 11.3 Å². The first-order valence-electron chi connectivity index (χ1n) is 5.92. The molecule has 1 N–H and O–H groups in total. The Hall–Kier alpha value is -2.07. The highest BCUT2D eigenvalue weighted by molar-refractivity contribution is 6.28. The molecule has 0 saturated carbocycles. The number of para-hydroxylation sites is 1. The summed E-state index contributed by atoms with van der Waals surface area (Å²) in [5, 5.41) is 3.40. The molecule has 0 aliphatic rings. The van der Waals surface area contributed by atoms with Crippen LogP contribution < -0.4 is 5.32 Å². The van der Waals surface area contributed by atoms with Gasteiger partial charge in [-0.05, 0) is 36.7 Å². The van der Waals surface area contributed by atoms with Crippen molar-refractivity contribution in [2.24, 2.45) is 0 Å². The molecule has 1 aromatic heterocycles. The molecule has 19 heavy (non-hydrogen) atoms.